The van der Waals surface area contributed by atoms with Crippen LogP contribution < -0.4 is 10.1 Å². The molecular weight excluding hydrogens is 277 g/mol. The van der Waals surface area contributed by atoms with E-state index in [1.54, 1.807) is 0 Å². The van der Waals surface area contributed by atoms with E-state index in [2.05, 4.69) is 21.2 Å². The molecule has 84 valence electrons. The summed E-state index contributed by atoms with van der Waals surface area (Å²) in [5.41, 5.74) is 0. The molecule has 1 fully saturated rings. The van der Waals surface area contributed by atoms with Crippen LogP contribution in [-0.4, -0.2) is 19.7 Å². The average Bonchev–Trinajstić information content (AvgIpc) is 2.67. The van der Waals surface area contributed by atoms with Crippen LogP contribution in [0.25, 0.3) is 0 Å². The van der Waals surface area contributed by atoms with E-state index < -0.39 is 0 Å². The lowest BCUT2D eigenvalue weighted by Gasteiger charge is -2.10. The second-order valence-corrected chi connectivity index (χ2v) is 4.54. The molecule has 1 unspecified atom stereocenters. The first kappa shape index (κ1) is 12.8. The maximum absolute atomic E-state index is 5.70. The van der Waals surface area contributed by atoms with Gasteiger partial charge in [0.15, 0.2) is 0 Å². The maximum Gasteiger partial charge on any atom is 0.120 e. The zero-order chi connectivity index (χ0) is 9.80. The summed E-state index contributed by atoms with van der Waals surface area (Å²) in [5.74, 6) is 1.63. The van der Waals surface area contributed by atoms with Gasteiger partial charge in [0.2, 0.25) is 0 Å². The molecule has 0 radical (unpaired) electrons. The third kappa shape index (κ3) is 4.01. The van der Waals surface area contributed by atoms with Gasteiger partial charge in [-0.1, -0.05) is 22.0 Å². The van der Waals surface area contributed by atoms with E-state index in [1.165, 1.54) is 6.42 Å². The number of rotatable bonds is 3. The van der Waals surface area contributed by atoms with Crippen molar-refractivity contribution in [3.8, 4) is 5.75 Å². The first-order valence-electron chi connectivity index (χ1n) is 4.94. The van der Waals surface area contributed by atoms with E-state index >= 15 is 0 Å². The predicted octanol–water partition coefficient (Wildman–Crippen LogP) is 2.86. The lowest BCUT2D eigenvalue weighted by atomic mass is 10.1. The highest BCUT2D eigenvalue weighted by molar-refractivity contribution is 9.10. The van der Waals surface area contributed by atoms with Crippen LogP contribution in [-0.2, 0) is 0 Å². The highest BCUT2D eigenvalue weighted by Gasteiger charge is 2.14. The molecule has 15 heavy (non-hydrogen) atoms. The topological polar surface area (TPSA) is 21.3 Å². The van der Waals surface area contributed by atoms with Gasteiger partial charge in [0.25, 0.3) is 0 Å². The minimum absolute atomic E-state index is 0. The largest absolute Gasteiger partial charge is 0.493 e. The Hall–Kier alpha value is -0.250. The Morgan fingerprint density at radius 3 is 3.00 bits per heavy atom. The zero-order valence-corrected chi connectivity index (χ0v) is 10.8. The van der Waals surface area contributed by atoms with Gasteiger partial charge in [-0.3, -0.25) is 0 Å². The van der Waals surface area contributed by atoms with Crippen molar-refractivity contribution < 1.29 is 4.74 Å². The number of benzene rings is 1. The van der Waals surface area contributed by atoms with Gasteiger partial charge in [0, 0.05) is 16.9 Å². The fourth-order valence-corrected chi connectivity index (χ4v) is 2.01. The average molecular weight is 293 g/mol. The quantitative estimate of drug-likeness (QED) is 0.925. The summed E-state index contributed by atoms with van der Waals surface area (Å²) in [6.07, 6.45) is 1.23. The van der Waals surface area contributed by atoms with Gasteiger partial charge in [-0.05, 0) is 31.2 Å². The highest BCUT2D eigenvalue weighted by atomic mass is 79.9. The van der Waals surface area contributed by atoms with Crippen LogP contribution in [0.2, 0.25) is 0 Å². The molecule has 1 aliphatic rings. The molecule has 0 bridgehead atoms. The lowest BCUT2D eigenvalue weighted by molar-refractivity contribution is 0.260. The Morgan fingerprint density at radius 2 is 2.33 bits per heavy atom. The Labute approximate surface area is 105 Å². The van der Waals surface area contributed by atoms with Crippen molar-refractivity contribution in [3.05, 3.63) is 28.7 Å². The standard InChI is InChI=1S/C11H14BrNO.ClH/c12-10-2-1-3-11(6-10)14-8-9-4-5-13-7-9;/h1-3,6,9,13H,4-5,7-8H2;1H. The van der Waals surface area contributed by atoms with Crippen LogP contribution in [0.15, 0.2) is 28.7 Å². The van der Waals surface area contributed by atoms with E-state index in [4.69, 9.17) is 4.74 Å². The summed E-state index contributed by atoms with van der Waals surface area (Å²) in [6.45, 7) is 3.05. The minimum Gasteiger partial charge on any atom is -0.493 e. The summed E-state index contributed by atoms with van der Waals surface area (Å²) in [5, 5.41) is 3.33. The van der Waals surface area contributed by atoms with Gasteiger partial charge in [-0.25, -0.2) is 0 Å². The third-order valence-corrected chi connectivity index (χ3v) is 2.94. The second-order valence-electron chi connectivity index (χ2n) is 3.63. The number of hydrogen-bond acceptors (Lipinski definition) is 2. The molecule has 0 aliphatic carbocycles. The van der Waals surface area contributed by atoms with Crippen molar-refractivity contribution in [3.63, 3.8) is 0 Å². The summed E-state index contributed by atoms with van der Waals surface area (Å²) >= 11 is 3.42. The summed E-state index contributed by atoms with van der Waals surface area (Å²) in [7, 11) is 0. The van der Waals surface area contributed by atoms with Gasteiger partial charge in [-0.2, -0.15) is 0 Å². The highest BCUT2D eigenvalue weighted by Crippen LogP contribution is 2.19. The van der Waals surface area contributed by atoms with E-state index in [0.29, 0.717) is 5.92 Å². The third-order valence-electron chi connectivity index (χ3n) is 2.44. The molecule has 0 saturated carbocycles. The Bertz CT molecular complexity index is 302. The molecule has 2 rings (SSSR count). The van der Waals surface area contributed by atoms with Crippen molar-refractivity contribution in [2.75, 3.05) is 19.7 Å². The van der Waals surface area contributed by atoms with Gasteiger partial charge in [0.1, 0.15) is 5.75 Å². The van der Waals surface area contributed by atoms with Crippen LogP contribution in [0.5, 0.6) is 5.75 Å². The monoisotopic (exact) mass is 291 g/mol. The number of hydrogen-bond donors (Lipinski definition) is 1. The maximum atomic E-state index is 5.70. The molecule has 1 heterocycles. The van der Waals surface area contributed by atoms with Crippen LogP contribution in [0, 0.1) is 5.92 Å². The van der Waals surface area contributed by atoms with Crippen molar-refractivity contribution in [2.45, 2.75) is 6.42 Å². The number of ether oxygens (including phenoxy) is 1. The van der Waals surface area contributed by atoms with Gasteiger partial charge < -0.3 is 10.1 Å². The van der Waals surface area contributed by atoms with E-state index in [0.717, 1.165) is 29.9 Å². The molecule has 1 aliphatic heterocycles. The fourth-order valence-electron chi connectivity index (χ4n) is 1.63. The molecule has 0 spiro atoms. The molecule has 1 saturated heterocycles. The molecule has 2 nitrogen and oxygen atoms in total. The van der Waals surface area contributed by atoms with Crippen molar-refractivity contribution in [2.24, 2.45) is 5.92 Å². The van der Waals surface area contributed by atoms with Crippen molar-refractivity contribution >= 4 is 28.3 Å². The van der Waals surface area contributed by atoms with Crippen LogP contribution in [0.3, 0.4) is 0 Å². The molecule has 0 aromatic heterocycles. The zero-order valence-electron chi connectivity index (χ0n) is 8.41. The normalized spacial score (nSPS) is 19.7. The van der Waals surface area contributed by atoms with Crippen LogP contribution in [0.1, 0.15) is 6.42 Å². The van der Waals surface area contributed by atoms with Crippen molar-refractivity contribution in [1.82, 2.24) is 5.32 Å². The van der Waals surface area contributed by atoms with Crippen LogP contribution >= 0.6 is 28.3 Å². The Kier molecular flexibility index (Phi) is 5.43. The van der Waals surface area contributed by atoms with Gasteiger partial charge >= 0.3 is 0 Å². The number of halogens is 2. The molecular formula is C11H15BrClNO. The molecule has 1 aromatic rings. The van der Waals surface area contributed by atoms with Crippen LogP contribution in [0.4, 0.5) is 0 Å². The first-order valence-corrected chi connectivity index (χ1v) is 5.73. The predicted molar refractivity (Wildman–Crippen MR) is 67.9 cm³/mol. The molecule has 1 N–H and O–H groups in total. The second kappa shape index (κ2) is 6.36. The summed E-state index contributed by atoms with van der Waals surface area (Å²) < 4.78 is 6.77. The smallest absolute Gasteiger partial charge is 0.120 e. The minimum atomic E-state index is 0. The summed E-state index contributed by atoms with van der Waals surface area (Å²) in [4.78, 5) is 0. The molecule has 1 aromatic carbocycles. The van der Waals surface area contributed by atoms with E-state index in [9.17, 15) is 0 Å². The molecule has 4 heteroatoms. The van der Waals surface area contributed by atoms with Gasteiger partial charge in [0.05, 0.1) is 6.61 Å². The summed E-state index contributed by atoms with van der Waals surface area (Å²) in [6, 6.07) is 7.99. The SMILES string of the molecule is Brc1cccc(OCC2CCNC2)c1.Cl. The van der Waals surface area contributed by atoms with E-state index in [1.807, 2.05) is 24.3 Å². The molecule has 1 atom stereocenters. The first-order chi connectivity index (χ1) is 6.84. The van der Waals surface area contributed by atoms with E-state index in [-0.39, 0.29) is 12.4 Å². The lowest BCUT2D eigenvalue weighted by Crippen LogP contribution is -2.15. The Morgan fingerprint density at radius 1 is 1.47 bits per heavy atom. The Balaban J connectivity index is 0.00000112. The molecule has 0 amide bonds. The number of nitrogens with one attached hydrogen (secondary N) is 1. The van der Waals surface area contributed by atoms with Gasteiger partial charge in [-0.15, -0.1) is 12.4 Å². The fraction of sp³-hybridized carbons (Fsp3) is 0.455. The van der Waals surface area contributed by atoms with Crippen molar-refractivity contribution in [1.29, 1.82) is 0 Å².